The highest BCUT2D eigenvalue weighted by atomic mass is 19.4. The van der Waals surface area contributed by atoms with Crippen LogP contribution in [0.3, 0.4) is 0 Å². The first-order valence-corrected chi connectivity index (χ1v) is 5.58. The predicted octanol–water partition coefficient (Wildman–Crippen LogP) is 2.72. The largest absolute Gasteiger partial charge is 0.416 e. The number of alkyl halides is 3. The first kappa shape index (κ1) is 13.3. The van der Waals surface area contributed by atoms with Gasteiger partial charge in [-0.1, -0.05) is 6.07 Å². The summed E-state index contributed by atoms with van der Waals surface area (Å²) in [5.74, 6) is -0.884. The minimum atomic E-state index is -4.52. The second-order valence-corrected chi connectivity index (χ2v) is 4.35. The maximum atomic E-state index is 13.5. The van der Waals surface area contributed by atoms with Gasteiger partial charge in [-0.05, 0) is 19.1 Å². The molecule has 0 spiro atoms. The van der Waals surface area contributed by atoms with Gasteiger partial charge in [0.2, 0.25) is 0 Å². The Balaban J connectivity index is 2.01. The number of halogens is 4. The van der Waals surface area contributed by atoms with Gasteiger partial charge in [-0.2, -0.15) is 13.2 Å². The van der Waals surface area contributed by atoms with E-state index in [9.17, 15) is 17.6 Å². The van der Waals surface area contributed by atoms with E-state index in [-0.39, 0.29) is 24.3 Å². The van der Waals surface area contributed by atoms with E-state index >= 15 is 0 Å². The molecule has 6 heteroatoms. The quantitative estimate of drug-likeness (QED) is 0.847. The van der Waals surface area contributed by atoms with Crippen molar-refractivity contribution >= 4 is 0 Å². The minimum absolute atomic E-state index is 0.00769. The Kier molecular flexibility index (Phi) is 3.59. The highest BCUT2D eigenvalue weighted by Gasteiger charge is 2.31. The molecule has 1 fully saturated rings. The van der Waals surface area contributed by atoms with Gasteiger partial charge in [-0.3, -0.25) is 0 Å². The third kappa shape index (κ3) is 2.81. The fourth-order valence-corrected chi connectivity index (χ4v) is 1.69. The smallest absolute Gasteiger partial charge is 0.370 e. The monoisotopic (exact) mass is 263 g/mol. The number of nitrogens with one attached hydrogen (secondary N) is 1. The van der Waals surface area contributed by atoms with Crippen molar-refractivity contribution in [3.05, 3.63) is 35.1 Å². The zero-order valence-electron chi connectivity index (χ0n) is 9.72. The molecule has 1 saturated heterocycles. The SMILES string of the molecule is CC1NCC1OCc1ccc(C(F)(F)F)cc1F. The van der Waals surface area contributed by atoms with Gasteiger partial charge in [0.05, 0.1) is 18.3 Å². The maximum absolute atomic E-state index is 13.5. The van der Waals surface area contributed by atoms with Gasteiger partial charge < -0.3 is 10.1 Å². The molecular formula is C12H13F4NO. The molecule has 18 heavy (non-hydrogen) atoms. The van der Waals surface area contributed by atoms with Gasteiger partial charge >= 0.3 is 6.18 Å². The van der Waals surface area contributed by atoms with Crippen LogP contribution in [-0.4, -0.2) is 18.7 Å². The van der Waals surface area contributed by atoms with Crippen LogP contribution >= 0.6 is 0 Å². The predicted molar refractivity (Wildman–Crippen MR) is 57.4 cm³/mol. The zero-order chi connectivity index (χ0) is 13.3. The Bertz CT molecular complexity index is 433. The lowest BCUT2D eigenvalue weighted by Gasteiger charge is -2.35. The second-order valence-electron chi connectivity index (χ2n) is 4.35. The Hall–Kier alpha value is -1.14. The van der Waals surface area contributed by atoms with Crippen molar-refractivity contribution in [3.63, 3.8) is 0 Å². The van der Waals surface area contributed by atoms with Crippen molar-refractivity contribution < 1.29 is 22.3 Å². The second kappa shape index (κ2) is 4.85. The van der Waals surface area contributed by atoms with Crippen LogP contribution in [0.2, 0.25) is 0 Å². The topological polar surface area (TPSA) is 21.3 Å². The van der Waals surface area contributed by atoms with Crippen molar-refractivity contribution in [2.24, 2.45) is 0 Å². The van der Waals surface area contributed by atoms with Crippen LogP contribution in [0.5, 0.6) is 0 Å². The first-order chi connectivity index (χ1) is 8.38. The molecule has 0 amide bonds. The molecule has 1 aliphatic rings. The van der Waals surface area contributed by atoms with Gasteiger partial charge in [0.25, 0.3) is 0 Å². The van der Waals surface area contributed by atoms with Crippen LogP contribution in [0.25, 0.3) is 0 Å². The van der Waals surface area contributed by atoms with Gasteiger partial charge in [0.1, 0.15) is 5.82 Å². The van der Waals surface area contributed by atoms with E-state index in [2.05, 4.69) is 5.32 Å². The van der Waals surface area contributed by atoms with E-state index in [1.54, 1.807) is 0 Å². The normalized spacial score (nSPS) is 23.8. The van der Waals surface area contributed by atoms with Crippen LogP contribution in [0.15, 0.2) is 18.2 Å². The molecule has 0 bridgehead atoms. The van der Waals surface area contributed by atoms with E-state index in [4.69, 9.17) is 4.74 Å². The number of hydrogen-bond donors (Lipinski definition) is 1. The van der Waals surface area contributed by atoms with E-state index in [0.29, 0.717) is 12.6 Å². The zero-order valence-corrected chi connectivity index (χ0v) is 9.72. The molecule has 2 atom stereocenters. The molecule has 2 nitrogen and oxygen atoms in total. The van der Waals surface area contributed by atoms with E-state index in [1.165, 1.54) is 0 Å². The fourth-order valence-electron chi connectivity index (χ4n) is 1.69. The fraction of sp³-hybridized carbons (Fsp3) is 0.500. The molecule has 2 unspecified atom stereocenters. The summed E-state index contributed by atoms with van der Waals surface area (Å²) >= 11 is 0. The molecule has 0 aromatic heterocycles. The summed E-state index contributed by atoms with van der Waals surface area (Å²) < 4.78 is 55.8. The van der Waals surface area contributed by atoms with Crippen molar-refractivity contribution in [2.45, 2.75) is 31.9 Å². The number of benzene rings is 1. The molecule has 2 rings (SSSR count). The van der Waals surface area contributed by atoms with Crippen molar-refractivity contribution in [2.75, 3.05) is 6.54 Å². The molecule has 1 heterocycles. The molecule has 0 radical (unpaired) electrons. The highest BCUT2D eigenvalue weighted by Crippen LogP contribution is 2.30. The number of rotatable bonds is 3. The molecule has 100 valence electrons. The lowest BCUT2D eigenvalue weighted by atomic mass is 10.1. The summed E-state index contributed by atoms with van der Waals surface area (Å²) in [4.78, 5) is 0. The molecule has 1 aromatic carbocycles. The van der Waals surface area contributed by atoms with Gasteiger partial charge in [0, 0.05) is 18.2 Å². The molecule has 0 aliphatic carbocycles. The van der Waals surface area contributed by atoms with Crippen molar-refractivity contribution in [1.82, 2.24) is 5.32 Å². The van der Waals surface area contributed by atoms with Crippen LogP contribution in [0.4, 0.5) is 17.6 Å². The lowest BCUT2D eigenvalue weighted by Crippen LogP contribution is -2.56. The van der Waals surface area contributed by atoms with Gasteiger partial charge in [0.15, 0.2) is 0 Å². The summed E-state index contributed by atoms with van der Waals surface area (Å²) in [6.45, 7) is 2.60. The van der Waals surface area contributed by atoms with Crippen molar-refractivity contribution in [1.29, 1.82) is 0 Å². The lowest BCUT2D eigenvalue weighted by molar-refractivity contribution is -0.137. The molecule has 1 N–H and O–H groups in total. The summed E-state index contributed by atoms with van der Waals surface area (Å²) in [6.07, 6.45) is -4.53. The van der Waals surface area contributed by atoms with Crippen molar-refractivity contribution in [3.8, 4) is 0 Å². The third-order valence-electron chi connectivity index (χ3n) is 3.03. The summed E-state index contributed by atoms with van der Waals surface area (Å²) in [5.41, 5.74) is -0.843. The van der Waals surface area contributed by atoms with Gasteiger partial charge in [-0.25, -0.2) is 4.39 Å². The van der Waals surface area contributed by atoms with E-state index < -0.39 is 17.6 Å². The van der Waals surface area contributed by atoms with E-state index in [0.717, 1.165) is 12.1 Å². The number of ether oxygens (including phenoxy) is 1. The van der Waals surface area contributed by atoms with Gasteiger partial charge in [-0.15, -0.1) is 0 Å². The third-order valence-corrected chi connectivity index (χ3v) is 3.03. The van der Waals surface area contributed by atoms with Crippen LogP contribution < -0.4 is 5.32 Å². The molecule has 0 saturated carbocycles. The molecule has 1 aromatic rings. The Morgan fingerprint density at radius 2 is 2.11 bits per heavy atom. The Morgan fingerprint density at radius 3 is 2.56 bits per heavy atom. The van der Waals surface area contributed by atoms with Crippen LogP contribution in [0, 0.1) is 5.82 Å². The Morgan fingerprint density at radius 1 is 1.39 bits per heavy atom. The summed E-state index contributed by atoms with van der Waals surface area (Å²) in [6, 6.07) is 2.68. The minimum Gasteiger partial charge on any atom is -0.370 e. The molecule has 1 aliphatic heterocycles. The summed E-state index contributed by atoms with van der Waals surface area (Å²) in [5, 5.41) is 3.07. The maximum Gasteiger partial charge on any atom is 0.416 e. The Labute approximate surface area is 102 Å². The average molecular weight is 263 g/mol. The summed E-state index contributed by atoms with van der Waals surface area (Å²) in [7, 11) is 0. The van der Waals surface area contributed by atoms with E-state index in [1.807, 2.05) is 6.92 Å². The average Bonchev–Trinajstić information content (AvgIpc) is 2.28. The first-order valence-electron chi connectivity index (χ1n) is 5.58. The highest BCUT2D eigenvalue weighted by molar-refractivity contribution is 5.26. The molecular weight excluding hydrogens is 250 g/mol. The van der Waals surface area contributed by atoms with Crippen LogP contribution in [-0.2, 0) is 17.5 Å². The standard InChI is InChI=1S/C12H13F4NO/c1-7-11(5-17-7)18-6-8-2-3-9(4-10(8)13)12(14,15)16/h2-4,7,11,17H,5-6H2,1H3. The number of hydrogen-bond acceptors (Lipinski definition) is 2. The van der Waals surface area contributed by atoms with Crippen LogP contribution in [0.1, 0.15) is 18.1 Å².